The van der Waals surface area contributed by atoms with Gasteiger partial charge < -0.3 is 9.84 Å². The van der Waals surface area contributed by atoms with E-state index in [1.165, 1.54) is 0 Å². The number of carboxylic acid groups (broad SMARTS) is 1. The second-order valence-electron chi connectivity index (χ2n) is 1.55. The molecule has 0 atom stereocenters. The van der Waals surface area contributed by atoms with Crippen LogP contribution in [-0.2, 0) is 9.53 Å². The molecule has 0 aliphatic heterocycles. The van der Waals surface area contributed by atoms with Crippen molar-refractivity contribution in [3.8, 4) is 0 Å². The van der Waals surface area contributed by atoms with Crippen molar-refractivity contribution >= 4 is 96.8 Å². The van der Waals surface area contributed by atoms with Crippen LogP contribution in [0.4, 0.5) is 4.79 Å². The van der Waals surface area contributed by atoms with Gasteiger partial charge in [0.25, 0.3) is 0 Å². The third-order valence-electron chi connectivity index (χ3n) is 0.705. The summed E-state index contributed by atoms with van der Waals surface area (Å²) in [6.07, 6.45) is -1.01. The van der Waals surface area contributed by atoms with E-state index >= 15 is 0 Å². The first-order chi connectivity index (χ1) is 5.04. The number of hydrogen-bond acceptors (Lipinski definition) is 5. The number of ether oxygens (including phenoxy) is 1. The van der Waals surface area contributed by atoms with Crippen molar-refractivity contribution in [2.75, 3.05) is 6.61 Å². The van der Waals surface area contributed by atoms with Crippen molar-refractivity contribution in [2.24, 2.45) is 0 Å². The molecule has 0 aliphatic carbocycles. The molecule has 0 radical (unpaired) electrons. The minimum absolute atomic E-state index is 0. The van der Waals surface area contributed by atoms with Crippen LogP contribution in [0, 0.1) is 0 Å². The first kappa shape index (κ1) is 19.9. The Morgan fingerprint density at radius 3 is 2.08 bits per heavy atom. The summed E-state index contributed by atoms with van der Waals surface area (Å²) < 4.78 is 4.99. The molecule has 0 fully saturated rings. The molecule has 0 aliphatic rings. The maximum atomic E-state index is 10.5. The normalized spacial score (nSPS) is 7.54. The average molecular weight is 245 g/mol. The van der Waals surface area contributed by atoms with Crippen LogP contribution >= 0.6 is 25.6 Å². The van der Waals surface area contributed by atoms with Gasteiger partial charge in [0, 0.05) is 0 Å². The summed E-state index contributed by atoms with van der Waals surface area (Å²) in [4.78, 5) is 20.4. The van der Waals surface area contributed by atoms with Crippen LogP contribution in [-0.4, -0.2) is 86.6 Å². The zero-order valence-electron chi connectivity index (χ0n) is 5.43. The van der Waals surface area contributed by atoms with Crippen LogP contribution in [0.5, 0.6) is 0 Å². The third kappa shape index (κ3) is 13.4. The summed E-state index contributed by atoms with van der Waals surface area (Å²) in [6.45, 7) is -0.175. The predicted octanol–water partition coefficient (Wildman–Crippen LogP) is -0.708. The molecular weight excluding hydrogens is 236 g/mol. The molecule has 0 saturated carbocycles. The van der Waals surface area contributed by atoms with Crippen LogP contribution in [0.3, 0.4) is 0 Å². The fourth-order valence-electron chi connectivity index (χ4n) is 0.283. The van der Waals surface area contributed by atoms with Gasteiger partial charge >= 0.3 is 71.2 Å². The fraction of sp³-hybridized carbons (Fsp3) is 0.500. The van der Waals surface area contributed by atoms with E-state index in [0.29, 0.717) is 3.71 Å². The molecule has 0 unspecified atom stereocenters. The van der Waals surface area contributed by atoms with Crippen molar-refractivity contribution in [3.05, 3.63) is 0 Å². The fourth-order valence-corrected chi connectivity index (χ4v) is 0.399. The van der Waals surface area contributed by atoms with Crippen molar-refractivity contribution in [2.45, 2.75) is 6.42 Å². The molecule has 68 valence electrons. The Hall–Kier alpha value is 1.44. The average Bonchev–Trinajstić information content (AvgIpc) is 1.86. The van der Waals surface area contributed by atoms with E-state index in [-0.39, 0.29) is 72.1 Å². The van der Waals surface area contributed by atoms with Crippen LogP contribution in [0.25, 0.3) is 0 Å². The Bertz CT molecular complexity index is 168. The molecule has 1 amide bonds. The van der Waals surface area contributed by atoms with Crippen molar-refractivity contribution < 1.29 is 19.4 Å². The number of carbonyl (C=O) groups excluding carboxylic acids is 1. The maximum absolute atomic E-state index is 10.5. The Labute approximate surface area is 131 Å². The summed E-state index contributed by atoms with van der Waals surface area (Å²) in [5, 5.41) is 8.12. The number of nitrogens with zero attached hydrogens (tertiary/aromatic N) is 1. The molecule has 0 heterocycles. The Morgan fingerprint density at radius 1 is 1.31 bits per heavy atom. The minimum atomic E-state index is -1.03. The molecular formula is C4H9NNa2O4S2. The number of amides is 1. The molecule has 0 aromatic heterocycles. The number of carbonyl (C=O) groups is 2. The van der Waals surface area contributed by atoms with Gasteiger partial charge in [0.05, 0.1) is 6.42 Å². The standard InChI is InChI=1S/C4H7NO4S2.2Na.2H/c6-3(7)1-2-9-4(8)5(10)11;;;;/h10-11H,1-2H2,(H,6,7);;;;. The molecule has 0 aromatic carbocycles. The van der Waals surface area contributed by atoms with E-state index in [9.17, 15) is 9.59 Å². The number of aliphatic carboxylic acids is 1. The molecule has 5 nitrogen and oxygen atoms in total. The van der Waals surface area contributed by atoms with Crippen LogP contribution in [0.1, 0.15) is 6.42 Å². The second kappa shape index (κ2) is 11.5. The van der Waals surface area contributed by atoms with Gasteiger partial charge in [-0.15, -0.1) is 0 Å². The monoisotopic (exact) mass is 245 g/mol. The first-order valence-electron chi connectivity index (χ1n) is 2.60. The Balaban J connectivity index is -0.000000500. The summed E-state index contributed by atoms with van der Waals surface area (Å²) in [6, 6.07) is 0. The van der Waals surface area contributed by atoms with Gasteiger partial charge in [-0.2, -0.15) is 3.71 Å². The van der Waals surface area contributed by atoms with E-state index in [1.807, 2.05) is 0 Å². The molecule has 0 spiro atoms. The zero-order valence-corrected chi connectivity index (χ0v) is 7.22. The van der Waals surface area contributed by atoms with E-state index in [0.717, 1.165) is 0 Å². The molecule has 0 aromatic rings. The topological polar surface area (TPSA) is 66.8 Å². The van der Waals surface area contributed by atoms with Gasteiger partial charge in [-0.25, -0.2) is 4.79 Å². The predicted molar refractivity (Wildman–Crippen MR) is 57.7 cm³/mol. The summed E-state index contributed by atoms with van der Waals surface area (Å²) >= 11 is 6.99. The SMILES string of the molecule is O=C(O)CCOC(=O)N(S)S.[NaH].[NaH]. The van der Waals surface area contributed by atoms with Crippen molar-refractivity contribution in [1.29, 1.82) is 0 Å². The van der Waals surface area contributed by atoms with Crippen LogP contribution in [0.2, 0.25) is 0 Å². The molecule has 0 saturated heterocycles. The summed E-state index contributed by atoms with van der Waals surface area (Å²) in [7, 11) is 0. The van der Waals surface area contributed by atoms with E-state index in [2.05, 4.69) is 30.4 Å². The van der Waals surface area contributed by atoms with Gasteiger partial charge in [-0.05, 0) is 25.6 Å². The zero-order chi connectivity index (χ0) is 8.85. The first-order valence-corrected chi connectivity index (χ1v) is 3.40. The second-order valence-corrected chi connectivity index (χ2v) is 2.66. The van der Waals surface area contributed by atoms with E-state index in [4.69, 9.17) is 5.11 Å². The number of thiol groups is 2. The summed E-state index contributed by atoms with van der Waals surface area (Å²) in [5.41, 5.74) is 0. The van der Waals surface area contributed by atoms with Gasteiger partial charge in [-0.3, -0.25) is 4.79 Å². The molecule has 1 N–H and O–H groups in total. The quantitative estimate of drug-likeness (QED) is 0.454. The van der Waals surface area contributed by atoms with Gasteiger partial charge in [0.1, 0.15) is 6.61 Å². The molecule has 0 bridgehead atoms. The van der Waals surface area contributed by atoms with E-state index in [1.54, 1.807) is 0 Å². The molecule has 13 heavy (non-hydrogen) atoms. The van der Waals surface area contributed by atoms with Gasteiger partial charge in [-0.1, -0.05) is 0 Å². The third-order valence-corrected chi connectivity index (χ3v) is 1.03. The Kier molecular flexibility index (Phi) is 17.7. The van der Waals surface area contributed by atoms with Gasteiger partial charge in [0.2, 0.25) is 0 Å². The van der Waals surface area contributed by atoms with Crippen molar-refractivity contribution in [3.63, 3.8) is 0 Å². The molecule has 0 rings (SSSR count). The van der Waals surface area contributed by atoms with E-state index < -0.39 is 12.1 Å². The number of carboxylic acids is 1. The Morgan fingerprint density at radius 2 is 1.77 bits per heavy atom. The van der Waals surface area contributed by atoms with Crippen molar-refractivity contribution in [1.82, 2.24) is 3.71 Å². The number of rotatable bonds is 3. The molecule has 9 heteroatoms. The van der Waals surface area contributed by atoms with Crippen LogP contribution in [0.15, 0.2) is 0 Å². The number of hydrogen-bond donors (Lipinski definition) is 3. The summed E-state index contributed by atoms with van der Waals surface area (Å²) in [5.74, 6) is -1.03. The van der Waals surface area contributed by atoms with Crippen LogP contribution < -0.4 is 0 Å². The van der Waals surface area contributed by atoms with Gasteiger partial charge in [0.15, 0.2) is 0 Å².